The van der Waals surface area contributed by atoms with Gasteiger partial charge in [0.15, 0.2) is 6.10 Å². The number of morpholine rings is 1. The Hall–Kier alpha value is -2.35. The van der Waals surface area contributed by atoms with Crippen LogP contribution >= 0.6 is 0 Å². The molecule has 1 fully saturated rings. The van der Waals surface area contributed by atoms with Crippen molar-refractivity contribution < 1.29 is 28.6 Å². The number of nitrogens with zero attached hydrogens (tertiary/aromatic N) is 1. The van der Waals surface area contributed by atoms with Gasteiger partial charge in [0.25, 0.3) is 5.91 Å². The van der Waals surface area contributed by atoms with Gasteiger partial charge in [-0.05, 0) is 40.2 Å². The van der Waals surface area contributed by atoms with Crippen molar-refractivity contribution in [3.05, 3.63) is 22.5 Å². The van der Waals surface area contributed by atoms with Crippen LogP contribution in [0.3, 0.4) is 0 Å². The molecule has 0 bridgehead atoms. The second-order valence-electron chi connectivity index (χ2n) is 6.66. The van der Waals surface area contributed by atoms with E-state index in [4.69, 9.17) is 14.2 Å². The quantitative estimate of drug-likeness (QED) is 0.813. The number of rotatable bonds is 4. The van der Waals surface area contributed by atoms with Gasteiger partial charge in [-0.15, -0.1) is 0 Å². The van der Waals surface area contributed by atoms with E-state index in [0.29, 0.717) is 29.9 Å². The van der Waals surface area contributed by atoms with E-state index >= 15 is 0 Å². The lowest BCUT2D eigenvalue weighted by atomic mass is 10.1. The minimum Gasteiger partial charge on any atom is -0.465 e. The number of ether oxygens (including phenoxy) is 3. The van der Waals surface area contributed by atoms with Gasteiger partial charge in [-0.2, -0.15) is 0 Å². The number of aromatic nitrogens is 1. The molecule has 3 atom stereocenters. The summed E-state index contributed by atoms with van der Waals surface area (Å²) in [5.41, 5.74) is 1.39. The summed E-state index contributed by atoms with van der Waals surface area (Å²) in [4.78, 5) is 41.4. The van der Waals surface area contributed by atoms with Gasteiger partial charge in [0.2, 0.25) is 0 Å². The number of carbonyl (C=O) groups excluding carboxylic acids is 3. The highest BCUT2D eigenvalue weighted by Gasteiger charge is 2.31. The molecule has 0 aromatic carbocycles. The van der Waals surface area contributed by atoms with Gasteiger partial charge in [-0.25, -0.2) is 9.59 Å². The van der Waals surface area contributed by atoms with E-state index in [0.717, 1.165) is 0 Å². The first-order valence-corrected chi connectivity index (χ1v) is 8.58. The first-order valence-electron chi connectivity index (χ1n) is 8.58. The number of aromatic amines is 1. The van der Waals surface area contributed by atoms with E-state index in [2.05, 4.69) is 4.98 Å². The molecule has 144 valence electrons. The van der Waals surface area contributed by atoms with Crippen LogP contribution in [0.2, 0.25) is 0 Å². The molecule has 1 saturated heterocycles. The van der Waals surface area contributed by atoms with Gasteiger partial charge in [-0.3, -0.25) is 4.79 Å². The van der Waals surface area contributed by atoms with Crippen molar-refractivity contribution in [1.82, 2.24) is 9.88 Å². The van der Waals surface area contributed by atoms with Crippen LogP contribution in [0.4, 0.5) is 0 Å². The summed E-state index contributed by atoms with van der Waals surface area (Å²) in [7, 11) is 1.28. The molecule has 1 amide bonds. The molecule has 0 unspecified atom stereocenters. The minimum atomic E-state index is -0.940. The Labute approximate surface area is 152 Å². The number of hydrogen-bond donors (Lipinski definition) is 1. The Kier molecular flexibility index (Phi) is 6.07. The average molecular weight is 366 g/mol. The van der Waals surface area contributed by atoms with E-state index in [1.54, 1.807) is 18.7 Å². The minimum absolute atomic E-state index is 0.0680. The molecule has 1 aliphatic heterocycles. The standard InChI is InChI=1S/C18H26N2O6/c1-9-7-20(8-10(2)25-9)16(21)13(5)26-18(23)15-11(3)14(12(4)19-15)17(22)24-6/h9-10,13,19H,7-8H2,1-6H3/t9-,10-,13-/m1/s1. The summed E-state index contributed by atoms with van der Waals surface area (Å²) >= 11 is 0. The number of nitrogens with one attached hydrogen (secondary N) is 1. The van der Waals surface area contributed by atoms with E-state index in [1.165, 1.54) is 14.0 Å². The maximum Gasteiger partial charge on any atom is 0.355 e. The van der Waals surface area contributed by atoms with Gasteiger partial charge < -0.3 is 24.1 Å². The Morgan fingerprint density at radius 2 is 1.73 bits per heavy atom. The number of aryl methyl sites for hydroxylation is 1. The predicted octanol–water partition coefficient (Wildman–Crippen LogP) is 1.60. The Bertz CT molecular complexity index is 701. The van der Waals surface area contributed by atoms with Gasteiger partial charge in [-0.1, -0.05) is 0 Å². The van der Waals surface area contributed by atoms with Gasteiger partial charge >= 0.3 is 11.9 Å². The fraction of sp³-hybridized carbons (Fsp3) is 0.611. The molecular formula is C18H26N2O6. The SMILES string of the molecule is COC(=O)c1c(C)[nH]c(C(=O)O[C@H](C)C(=O)N2C[C@@H](C)O[C@H](C)C2)c1C. The summed E-state index contributed by atoms with van der Waals surface area (Å²) in [5.74, 6) is -1.49. The van der Waals surface area contributed by atoms with Crippen LogP contribution in [-0.2, 0) is 19.0 Å². The number of hydrogen-bond acceptors (Lipinski definition) is 6. The molecule has 1 aliphatic rings. The van der Waals surface area contributed by atoms with Crippen LogP contribution in [-0.4, -0.2) is 66.2 Å². The summed E-state index contributed by atoms with van der Waals surface area (Å²) in [5, 5.41) is 0. The fourth-order valence-corrected chi connectivity index (χ4v) is 3.25. The molecule has 0 aliphatic carbocycles. The van der Waals surface area contributed by atoms with E-state index in [1.807, 2.05) is 13.8 Å². The molecule has 1 aromatic heterocycles. The Balaban J connectivity index is 2.10. The van der Waals surface area contributed by atoms with Crippen LogP contribution in [0.15, 0.2) is 0 Å². The summed E-state index contributed by atoms with van der Waals surface area (Å²) in [6.45, 7) is 9.54. The predicted molar refractivity (Wildman–Crippen MR) is 93.1 cm³/mol. The van der Waals surface area contributed by atoms with Crippen LogP contribution in [0, 0.1) is 13.8 Å². The number of H-pyrrole nitrogens is 1. The Morgan fingerprint density at radius 3 is 2.27 bits per heavy atom. The molecule has 2 rings (SSSR count). The molecule has 0 spiro atoms. The lowest BCUT2D eigenvalue weighted by Gasteiger charge is -2.36. The second-order valence-corrected chi connectivity index (χ2v) is 6.66. The smallest absolute Gasteiger partial charge is 0.355 e. The van der Waals surface area contributed by atoms with Crippen molar-refractivity contribution in [1.29, 1.82) is 0 Å². The number of methoxy groups -OCH3 is 1. The van der Waals surface area contributed by atoms with Crippen LogP contribution in [0.25, 0.3) is 0 Å². The molecule has 0 saturated carbocycles. The summed E-state index contributed by atoms with van der Waals surface area (Å²) < 4.78 is 15.7. The third-order valence-corrected chi connectivity index (χ3v) is 4.39. The molecule has 8 nitrogen and oxygen atoms in total. The number of carbonyl (C=O) groups is 3. The maximum atomic E-state index is 12.6. The molecule has 0 radical (unpaired) electrons. The highest BCUT2D eigenvalue weighted by atomic mass is 16.5. The lowest BCUT2D eigenvalue weighted by molar-refractivity contribution is -0.151. The zero-order valence-electron chi connectivity index (χ0n) is 16.0. The van der Waals surface area contributed by atoms with Crippen molar-refractivity contribution in [2.24, 2.45) is 0 Å². The topological polar surface area (TPSA) is 97.9 Å². The van der Waals surface area contributed by atoms with Crippen LogP contribution in [0.5, 0.6) is 0 Å². The fourth-order valence-electron chi connectivity index (χ4n) is 3.25. The normalized spacial score (nSPS) is 21.2. The largest absolute Gasteiger partial charge is 0.465 e. The first kappa shape index (κ1) is 20.0. The molecule has 1 N–H and O–H groups in total. The van der Waals surface area contributed by atoms with Gasteiger partial charge in [0.05, 0.1) is 24.9 Å². The van der Waals surface area contributed by atoms with Crippen molar-refractivity contribution in [3.63, 3.8) is 0 Å². The lowest BCUT2D eigenvalue weighted by Crippen LogP contribution is -2.51. The van der Waals surface area contributed by atoms with Crippen molar-refractivity contribution >= 4 is 17.8 Å². The highest BCUT2D eigenvalue weighted by molar-refractivity contribution is 5.99. The highest BCUT2D eigenvalue weighted by Crippen LogP contribution is 2.20. The monoisotopic (exact) mass is 366 g/mol. The third-order valence-electron chi connectivity index (χ3n) is 4.39. The van der Waals surface area contributed by atoms with Crippen LogP contribution < -0.4 is 0 Å². The number of esters is 2. The Morgan fingerprint density at radius 1 is 1.15 bits per heavy atom. The van der Waals surface area contributed by atoms with Gasteiger partial charge in [0.1, 0.15) is 5.69 Å². The van der Waals surface area contributed by atoms with Gasteiger partial charge in [0, 0.05) is 18.8 Å². The van der Waals surface area contributed by atoms with E-state index < -0.39 is 18.0 Å². The molecule has 1 aromatic rings. The van der Waals surface area contributed by atoms with Crippen molar-refractivity contribution in [3.8, 4) is 0 Å². The summed E-state index contributed by atoms with van der Waals surface area (Å²) in [6, 6.07) is 0. The second kappa shape index (κ2) is 7.90. The molecular weight excluding hydrogens is 340 g/mol. The molecule has 8 heteroatoms. The first-order chi connectivity index (χ1) is 12.1. The van der Waals surface area contributed by atoms with Crippen molar-refractivity contribution in [2.45, 2.75) is 52.9 Å². The third kappa shape index (κ3) is 4.07. The number of amides is 1. The van der Waals surface area contributed by atoms with E-state index in [9.17, 15) is 14.4 Å². The average Bonchev–Trinajstić information content (AvgIpc) is 2.87. The zero-order chi connectivity index (χ0) is 19.6. The molecule has 26 heavy (non-hydrogen) atoms. The maximum absolute atomic E-state index is 12.6. The molecule has 2 heterocycles. The van der Waals surface area contributed by atoms with Crippen LogP contribution in [0.1, 0.15) is 52.9 Å². The summed E-state index contributed by atoms with van der Waals surface area (Å²) in [6.07, 6.45) is -1.08. The van der Waals surface area contributed by atoms with Crippen molar-refractivity contribution in [2.75, 3.05) is 20.2 Å². The zero-order valence-corrected chi connectivity index (χ0v) is 16.0. The van der Waals surface area contributed by atoms with E-state index in [-0.39, 0.29) is 23.8 Å².